The van der Waals surface area contributed by atoms with Crippen molar-refractivity contribution in [2.75, 3.05) is 10.0 Å². The summed E-state index contributed by atoms with van der Waals surface area (Å²) in [6, 6.07) is 16.7. The van der Waals surface area contributed by atoms with Gasteiger partial charge in [-0.2, -0.15) is 5.10 Å². The van der Waals surface area contributed by atoms with Crippen molar-refractivity contribution < 1.29 is 22.7 Å². The number of nitrogens with two attached hydrogens (primary N) is 1. The van der Waals surface area contributed by atoms with Crippen LogP contribution < -0.4 is 20.5 Å². The number of ether oxygens (including phenoxy) is 1. The van der Waals surface area contributed by atoms with Gasteiger partial charge in [0, 0.05) is 12.1 Å². The number of para-hydroxylation sites is 1. The minimum atomic E-state index is -4.13. The average Bonchev–Trinajstić information content (AvgIpc) is 3.21. The fourth-order valence-electron chi connectivity index (χ4n) is 3.92. The Morgan fingerprint density at radius 1 is 1.05 bits per heavy atom. The van der Waals surface area contributed by atoms with E-state index in [1.807, 2.05) is 6.92 Å². The average molecular weight is 603 g/mol. The summed E-state index contributed by atoms with van der Waals surface area (Å²) in [6.45, 7) is 1.92. The highest BCUT2D eigenvalue weighted by molar-refractivity contribution is 7.92. The first-order valence-electron chi connectivity index (χ1n) is 12.0. The van der Waals surface area contributed by atoms with Crippen molar-refractivity contribution in [2.45, 2.75) is 24.7 Å². The zero-order valence-corrected chi connectivity index (χ0v) is 23.8. The largest absolute Gasteiger partial charge is 0.456 e. The van der Waals surface area contributed by atoms with Crippen molar-refractivity contribution in [1.29, 1.82) is 0 Å². The Labute approximate surface area is 241 Å². The molecule has 0 saturated carbocycles. The number of aromatic nitrogens is 2. The number of halogens is 2. The van der Waals surface area contributed by atoms with Crippen LogP contribution in [-0.2, 0) is 23.5 Å². The van der Waals surface area contributed by atoms with Gasteiger partial charge in [-0.05, 0) is 61.0 Å². The molecule has 3 aromatic carbocycles. The molecule has 1 aromatic heterocycles. The van der Waals surface area contributed by atoms with Gasteiger partial charge in [-0.25, -0.2) is 8.42 Å². The quantitative estimate of drug-likeness (QED) is 0.215. The lowest BCUT2D eigenvalue weighted by atomic mass is 10.1. The highest BCUT2D eigenvalue weighted by Crippen LogP contribution is 2.31. The van der Waals surface area contributed by atoms with Crippen molar-refractivity contribution in [3.8, 4) is 11.5 Å². The highest BCUT2D eigenvalue weighted by Gasteiger charge is 2.25. The second kappa shape index (κ2) is 12.0. The van der Waals surface area contributed by atoms with Crippen LogP contribution in [0.2, 0.25) is 10.0 Å². The van der Waals surface area contributed by atoms with Crippen LogP contribution in [0.4, 0.5) is 11.4 Å². The number of aryl methyl sites for hydroxylation is 2. The fourth-order valence-corrected chi connectivity index (χ4v) is 5.35. The standard InChI is InChI=1S/C27H25Cl2N5O5S/c1-3-6-22-24(25(26(30)35)34(2)32-22)31-27(36)19-15-16(28)9-14-21(19)33-40(37,38)18-12-10-17(11-13-18)39-23-8-5-4-7-20(23)29/h4-5,7-15,33H,3,6H2,1-2H3,(H2,30,35)(H,31,36). The van der Waals surface area contributed by atoms with E-state index in [4.69, 9.17) is 33.7 Å². The molecular weight excluding hydrogens is 577 g/mol. The molecule has 0 atom stereocenters. The molecule has 40 heavy (non-hydrogen) atoms. The first-order chi connectivity index (χ1) is 19.0. The summed E-state index contributed by atoms with van der Waals surface area (Å²) in [5, 5.41) is 7.56. The van der Waals surface area contributed by atoms with E-state index in [-0.39, 0.29) is 32.6 Å². The molecule has 0 aliphatic heterocycles. The molecule has 2 amide bonds. The van der Waals surface area contributed by atoms with Gasteiger partial charge in [0.2, 0.25) is 0 Å². The van der Waals surface area contributed by atoms with Gasteiger partial charge in [-0.3, -0.25) is 19.0 Å². The molecule has 0 unspecified atom stereocenters. The topological polar surface area (TPSA) is 145 Å². The van der Waals surface area contributed by atoms with Crippen molar-refractivity contribution in [1.82, 2.24) is 9.78 Å². The van der Waals surface area contributed by atoms with Crippen molar-refractivity contribution in [3.63, 3.8) is 0 Å². The van der Waals surface area contributed by atoms with Crippen LogP contribution >= 0.6 is 23.2 Å². The summed E-state index contributed by atoms with van der Waals surface area (Å²) < 4.78 is 35.9. The SMILES string of the molecule is CCCc1nn(C)c(C(N)=O)c1NC(=O)c1cc(Cl)ccc1NS(=O)(=O)c1ccc(Oc2ccccc2Cl)cc1. The number of carbonyl (C=O) groups excluding carboxylic acids is 2. The van der Waals surface area contributed by atoms with Crippen LogP contribution in [0.5, 0.6) is 11.5 Å². The molecule has 0 aliphatic carbocycles. The number of hydrogen-bond acceptors (Lipinski definition) is 6. The van der Waals surface area contributed by atoms with Crippen LogP contribution in [0.15, 0.2) is 71.6 Å². The van der Waals surface area contributed by atoms with Gasteiger partial charge >= 0.3 is 0 Å². The third-order valence-corrected chi connectivity index (χ3v) is 7.68. The molecule has 0 bridgehead atoms. The van der Waals surface area contributed by atoms with Gasteiger partial charge in [0.05, 0.1) is 32.6 Å². The number of nitrogens with zero attached hydrogens (tertiary/aromatic N) is 2. The maximum Gasteiger partial charge on any atom is 0.269 e. The lowest BCUT2D eigenvalue weighted by Crippen LogP contribution is -2.22. The molecule has 1 heterocycles. The number of anilines is 2. The van der Waals surface area contributed by atoms with E-state index in [9.17, 15) is 18.0 Å². The maximum atomic E-state index is 13.4. The van der Waals surface area contributed by atoms with Gasteiger partial charge in [0.1, 0.15) is 17.2 Å². The molecular formula is C27H25Cl2N5O5S. The van der Waals surface area contributed by atoms with Crippen LogP contribution in [-0.4, -0.2) is 30.0 Å². The molecule has 4 aromatic rings. The summed E-state index contributed by atoms with van der Waals surface area (Å²) in [5.41, 5.74) is 6.06. The molecule has 0 radical (unpaired) electrons. The Morgan fingerprint density at radius 3 is 2.40 bits per heavy atom. The Bertz CT molecular complexity index is 1690. The number of amides is 2. The van der Waals surface area contributed by atoms with Crippen molar-refractivity contribution in [3.05, 3.63) is 93.7 Å². The maximum absolute atomic E-state index is 13.4. The molecule has 0 fully saturated rings. The minimum Gasteiger partial charge on any atom is -0.456 e. The summed E-state index contributed by atoms with van der Waals surface area (Å²) >= 11 is 12.3. The predicted octanol–water partition coefficient (Wildman–Crippen LogP) is 5.62. The van der Waals surface area contributed by atoms with Crippen LogP contribution in [0.1, 0.15) is 39.9 Å². The monoisotopic (exact) mass is 601 g/mol. The van der Waals surface area contributed by atoms with Crippen LogP contribution in [0.3, 0.4) is 0 Å². The highest BCUT2D eigenvalue weighted by atomic mass is 35.5. The van der Waals surface area contributed by atoms with Gasteiger partial charge in [-0.1, -0.05) is 48.7 Å². The second-order valence-corrected chi connectivity index (χ2v) is 11.2. The number of hydrogen-bond donors (Lipinski definition) is 3. The van der Waals surface area contributed by atoms with Crippen molar-refractivity contribution in [2.24, 2.45) is 12.8 Å². The molecule has 208 valence electrons. The summed E-state index contributed by atoms with van der Waals surface area (Å²) in [7, 11) is -2.59. The molecule has 0 aliphatic rings. The third kappa shape index (κ3) is 6.39. The normalized spacial score (nSPS) is 11.2. The van der Waals surface area contributed by atoms with Crippen molar-refractivity contribution >= 4 is 56.4 Å². The Kier molecular flexibility index (Phi) is 8.67. The van der Waals surface area contributed by atoms with E-state index in [1.54, 1.807) is 31.3 Å². The number of benzene rings is 3. The number of carbonyl (C=O) groups is 2. The number of sulfonamides is 1. The van der Waals surface area contributed by atoms with Crippen LogP contribution in [0, 0.1) is 0 Å². The summed E-state index contributed by atoms with van der Waals surface area (Å²) in [5.74, 6) is -0.689. The summed E-state index contributed by atoms with van der Waals surface area (Å²) in [6.07, 6.45) is 1.17. The molecule has 10 nitrogen and oxygen atoms in total. The molecule has 4 N–H and O–H groups in total. The Morgan fingerprint density at radius 2 is 1.75 bits per heavy atom. The Hall–Kier alpha value is -4.06. The zero-order valence-electron chi connectivity index (χ0n) is 21.4. The summed E-state index contributed by atoms with van der Waals surface area (Å²) in [4.78, 5) is 25.4. The predicted molar refractivity (Wildman–Crippen MR) is 154 cm³/mol. The fraction of sp³-hybridized carbons (Fsp3) is 0.148. The van der Waals surface area contributed by atoms with E-state index < -0.39 is 21.8 Å². The van der Waals surface area contributed by atoms with E-state index in [2.05, 4.69) is 15.1 Å². The zero-order chi connectivity index (χ0) is 29.0. The number of nitrogens with one attached hydrogen (secondary N) is 2. The van der Waals surface area contributed by atoms with E-state index in [0.717, 1.165) is 0 Å². The number of primary amides is 1. The van der Waals surface area contributed by atoms with Gasteiger partial charge in [-0.15, -0.1) is 0 Å². The molecule has 4 rings (SSSR count). The first-order valence-corrected chi connectivity index (χ1v) is 14.3. The second-order valence-electron chi connectivity index (χ2n) is 8.66. The van der Waals surface area contributed by atoms with Gasteiger partial charge < -0.3 is 15.8 Å². The smallest absolute Gasteiger partial charge is 0.269 e. The number of rotatable bonds is 10. The van der Waals surface area contributed by atoms with E-state index >= 15 is 0 Å². The van der Waals surface area contributed by atoms with Gasteiger partial charge in [0.15, 0.2) is 0 Å². The van der Waals surface area contributed by atoms with E-state index in [0.29, 0.717) is 35.1 Å². The van der Waals surface area contributed by atoms with E-state index in [1.165, 1.54) is 47.1 Å². The lowest BCUT2D eigenvalue weighted by molar-refractivity contribution is 0.0992. The minimum absolute atomic E-state index is 0.0139. The first kappa shape index (κ1) is 28.9. The Balaban J connectivity index is 1.60. The van der Waals surface area contributed by atoms with Crippen LogP contribution in [0.25, 0.3) is 0 Å². The third-order valence-electron chi connectivity index (χ3n) is 5.75. The molecule has 0 saturated heterocycles. The van der Waals surface area contributed by atoms with Gasteiger partial charge in [0.25, 0.3) is 21.8 Å². The molecule has 13 heteroatoms. The lowest BCUT2D eigenvalue weighted by Gasteiger charge is -2.14. The molecule has 0 spiro atoms.